The SMILES string of the molecule is C[C@@H]1CN(Cc2ccc(F)cc2)CCN1C(=O)/C=C/c1cc2cccnc2cc1NC(N)=O. The molecule has 0 spiro atoms. The van der Waals surface area contributed by atoms with Gasteiger partial charge >= 0.3 is 6.03 Å². The van der Waals surface area contributed by atoms with E-state index in [4.69, 9.17) is 5.73 Å². The van der Waals surface area contributed by atoms with E-state index < -0.39 is 6.03 Å². The maximum atomic E-state index is 13.1. The number of halogens is 1. The van der Waals surface area contributed by atoms with Crippen LogP contribution in [0, 0.1) is 5.82 Å². The molecule has 0 bridgehead atoms. The van der Waals surface area contributed by atoms with Gasteiger partial charge in [-0.05, 0) is 54.5 Å². The van der Waals surface area contributed by atoms with Crippen molar-refractivity contribution in [3.8, 4) is 0 Å². The van der Waals surface area contributed by atoms with Gasteiger partial charge in [-0.25, -0.2) is 9.18 Å². The van der Waals surface area contributed by atoms with Crippen molar-refractivity contribution in [3.63, 3.8) is 0 Å². The maximum absolute atomic E-state index is 13.1. The number of piperazine rings is 1. The highest BCUT2D eigenvalue weighted by atomic mass is 19.1. The van der Waals surface area contributed by atoms with Crippen LogP contribution in [0.1, 0.15) is 18.1 Å². The lowest BCUT2D eigenvalue weighted by molar-refractivity contribution is -0.130. The molecule has 1 aliphatic heterocycles. The van der Waals surface area contributed by atoms with E-state index in [1.54, 1.807) is 30.5 Å². The second-order valence-corrected chi connectivity index (χ2v) is 8.20. The molecule has 33 heavy (non-hydrogen) atoms. The molecule has 3 N–H and O–H groups in total. The van der Waals surface area contributed by atoms with E-state index in [0.717, 1.165) is 36.1 Å². The number of hydrogen-bond acceptors (Lipinski definition) is 4. The van der Waals surface area contributed by atoms with Crippen molar-refractivity contribution >= 4 is 34.6 Å². The fourth-order valence-electron chi connectivity index (χ4n) is 4.13. The summed E-state index contributed by atoms with van der Waals surface area (Å²) < 4.78 is 13.1. The van der Waals surface area contributed by atoms with Gasteiger partial charge in [0.2, 0.25) is 5.91 Å². The van der Waals surface area contributed by atoms with E-state index >= 15 is 0 Å². The van der Waals surface area contributed by atoms with Crippen LogP contribution in [0.3, 0.4) is 0 Å². The molecule has 0 unspecified atom stereocenters. The quantitative estimate of drug-likeness (QED) is 0.585. The van der Waals surface area contributed by atoms with E-state index in [-0.39, 0.29) is 17.8 Å². The number of aromatic nitrogens is 1. The summed E-state index contributed by atoms with van der Waals surface area (Å²) in [5.74, 6) is -0.341. The van der Waals surface area contributed by atoms with E-state index in [0.29, 0.717) is 17.8 Å². The predicted octanol–water partition coefficient (Wildman–Crippen LogP) is 3.61. The van der Waals surface area contributed by atoms with E-state index in [1.807, 2.05) is 30.0 Å². The number of benzene rings is 2. The molecular weight excluding hydrogens is 421 g/mol. The molecule has 2 heterocycles. The van der Waals surface area contributed by atoms with Gasteiger partial charge < -0.3 is 16.0 Å². The zero-order chi connectivity index (χ0) is 23.4. The monoisotopic (exact) mass is 447 g/mol. The minimum absolute atomic E-state index is 0.0281. The highest BCUT2D eigenvalue weighted by Crippen LogP contribution is 2.24. The summed E-state index contributed by atoms with van der Waals surface area (Å²) in [7, 11) is 0. The number of fused-ring (bicyclic) bond motifs is 1. The van der Waals surface area contributed by atoms with Gasteiger partial charge in [-0.15, -0.1) is 0 Å². The van der Waals surface area contributed by atoms with Gasteiger partial charge in [-0.1, -0.05) is 18.2 Å². The molecule has 0 saturated carbocycles. The highest BCUT2D eigenvalue weighted by molar-refractivity contribution is 5.98. The summed E-state index contributed by atoms with van der Waals surface area (Å²) in [5, 5.41) is 3.49. The van der Waals surface area contributed by atoms with Crippen LogP contribution in [0.5, 0.6) is 0 Å². The van der Waals surface area contributed by atoms with Crippen molar-refractivity contribution in [2.75, 3.05) is 25.0 Å². The minimum atomic E-state index is -0.683. The van der Waals surface area contributed by atoms with Crippen LogP contribution in [-0.2, 0) is 11.3 Å². The first-order valence-electron chi connectivity index (χ1n) is 10.8. The van der Waals surface area contributed by atoms with Crippen molar-refractivity contribution in [3.05, 3.63) is 77.7 Å². The molecule has 4 rings (SSSR count). The van der Waals surface area contributed by atoms with E-state index in [9.17, 15) is 14.0 Å². The summed E-state index contributed by atoms with van der Waals surface area (Å²) in [6.07, 6.45) is 4.89. The van der Waals surface area contributed by atoms with E-state index in [1.165, 1.54) is 18.2 Å². The van der Waals surface area contributed by atoms with Crippen molar-refractivity contribution in [2.45, 2.75) is 19.5 Å². The first-order valence-corrected chi connectivity index (χ1v) is 10.8. The fourth-order valence-corrected chi connectivity index (χ4v) is 4.13. The van der Waals surface area contributed by atoms with Crippen LogP contribution in [-0.4, -0.2) is 52.4 Å². The first-order chi connectivity index (χ1) is 15.9. The number of nitrogens with zero attached hydrogens (tertiary/aromatic N) is 3. The van der Waals surface area contributed by atoms with Crippen LogP contribution in [0.25, 0.3) is 17.0 Å². The number of carbonyl (C=O) groups is 2. The fraction of sp³-hybridized carbons (Fsp3) is 0.240. The van der Waals surface area contributed by atoms with Crippen molar-refractivity contribution in [2.24, 2.45) is 5.73 Å². The number of hydrogen-bond donors (Lipinski definition) is 2. The normalized spacial score (nSPS) is 16.9. The van der Waals surface area contributed by atoms with Crippen LogP contribution in [0.2, 0.25) is 0 Å². The number of urea groups is 1. The lowest BCUT2D eigenvalue weighted by atomic mass is 10.1. The largest absolute Gasteiger partial charge is 0.351 e. The summed E-state index contributed by atoms with van der Waals surface area (Å²) in [4.78, 5) is 32.8. The average molecular weight is 448 g/mol. The molecule has 170 valence electrons. The second-order valence-electron chi connectivity index (χ2n) is 8.20. The minimum Gasteiger partial charge on any atom is -0.351 e. The molecule has 7 nitrogen and oxygen atoms in total. The number of amides is 3. The molecule has 0 aliphatic carbocycles. The summed E-state index contributed by atoms with van der Waals surface area (Å²) >= 11 is 0. The number of rotatable bonds is 5. The van der Waals surface area contributed by atoms with Gasteiger partial charge in [0.1, 0.15) is 5.82 Å². The number of nitrogens with one attached hydrogen (secondary N) is 1. The number of pyridine rings is 1. The van der Waals surface area contributed by atoms with Crippen molar-refractivity contribution in [1.29, 1.82) is 0 Å². The summed E-state index contributed by atoms with van der Waals surface area (Å²) in [6, 6.07) is 13.2. The van der Waals surface area contributed by atoms with Gasteiger partial charge in [0, 0.05) is 49.9 Å². The van der Waals surface area contributed by atoms with Gasteiger partial charge in [-0.2, -0.15) is 0 Å². The Balaban J connectivity index is 1.44. The number of nitrogens with two attached hydrogens (primary N) is 1. The Kier molecular flexibility index (Phi) is 6.65. The third kappa shape index (κ3) is 5.53. The van der Waals surface area contributed by atoms with Gasteiger partial charge in [0.15, 0.2) is 0 Å². The smallest absolute Gasteiger partial charge is 0.316 e. The Morgan fingerprint density at radius 2 is 2.00 bits per heavy atom. The zero-order valence-corrected chi connectivity index (χ0v) is 18.4. The summed E-state index contributed by atoms with van der Waals surface area (Å²) in [5.41, 5.74) is 8.24. The summed E-state index contributed by atoms with van der Waals surface area (Å²) in [6.45, 7) is 4.80. The van der Waals surface area contributed by atoms with Gasteiger partial charge in [-0.3, -0.25) is 14.7 Å². The molecule has 0 radical (unpaired) electrons. The molecule has 2 aromatic carbocycles. The lowest BCUT2D eigenvalue weighted by Gasteiger charge is -2.39. The van der Waals surface area contributed by atoms with Crippen LogP contribution in [0.15, 0.2) is 60.8 Å². The molecule has 1 aromatic heterocycles. The van der Waals surface area contributed by atoms with Crippen LogP contribution >= 0.6 is 0 Å². The molecule has 1 saturated heterocycles. The molecule has 1 fully saturated rings. The van der Waals surface area contributed by atoms with Crippen molar-refractivity contribution < 1.29 is 14.0 Å². The van der Waals surface area contributed by atoms with Crippen molar-refractivity contribution in [1.82, 2.24) is 14.8 Å². The third-order valence-corrected chi connectivity index (χ3v) is 5.75. The molecule has 1 aliphatic rings. The van der Waals surface area contributed by atoms with Crippen LogP contribution < -0.4 is 11.1 Å². The molecular formula is C25H26FN5O2. The second kappa shape index (κ2) is 9.79. The molecule has 3 amide bonds. The third-order valence-electron chi connectivity index (χ3n) is 5.75. The molecule has 8 heteroatoms. The Morgan fingerprint density at radius 3 is 2.73 bits per heavy atom. The predicted molar refractivity (Wildman–Crippen MR) is 127 cm³/mol. The van der Waals surface area contributed by atoms with E-state index in [2.05, 4.69) is 15.2 Å². The van der Waals surface area contributed by atoms with Gasteiger partial charge in [0.25, 0.3) is 0 Å². The average Bonchev–Trinajstić information content (AvgIpc) is 2.78. The topological polar surface area (TPSA) is 91.6 Å². The number of anilines is 1. The molecule has 1 atom stereocenters. The highest BCUT2D eigenvalue weighted by Gasteiger charge is 2.26. The Labute approximate surface area is 191 Å². The Morgan fingerprint density at radius 1 is 1.21 bits per heavy atom. The number of primary amides is 1. The maximum Gasteiger partial charge on any atom is 0.316 e. The number of carbonyl (C=O) groups excluding carboxylic acids is 2. The van der Waals surface area contributed by atoms with Gasteiger partial charge in [0.05, 0.1) is 11.2 Å². The standard InChI is InChI=1S/C25H26FN5O2/c1-17-15-30(16-18-4-7-21(26)8-5-18)11-12-31(17)24(32)9-6-20-13-19-3-2-10-28-22(19)14-23(20)29-25(27)33/h2-10,13-14,17H,11-12,15-16H2,1H3,(H3,27,29,33)/b9-6+/t17-/m1/s1. The zero-order valence-electron chi connectivity index (χ0n) is 18.4. The molecule has 3 aromatic rings. The van der Waals surface area contributed by atoms with Crippen LogP contribution in [0.4, 0.5) is 14.9 Å². The first kappa shape index (κ1) is 22.4. The Bertz CT molecular complexity index is 1200. The Hall–Kier alpha value is -3.78. The lowest BCUT2D eigenvalue weighted by Crippen LogP contribution is -2.53.